The van der Waals surface area contributed by atoms with Gasteiger partial charge in [-0.15, -0.1) is 0 Å². The zero-order chi connectivity index (χ0) is 16.2. The van der Waals surface area contributed by atoms with Gasteiger partial charge in [-0.1, -0.05) is 19.3 Å². The van der Waals surface area contributed by atoms with Gasteiger partial charge in [0, 0.05) is 49.9 Å². The number of phenols is 1. The summed E-state index contributed by atoms with van der Waals surface area (Å²) in [6, 6.07) is 4.52. The molecule has 6 nitrogen and oxygen atoms in total. The topological polar surface area (TPSA) is 78.6 Å². The number of benzene rings is 1. The fourth-order valence-corrected chi connectivity index (χ4v) is 4.05. The van der Waals surface area contributed by atoms with Gasteiger partial charge in [-0.2, -0.15) is 0 Å². The Bertz CT molecular complexity index is 534. The third-order valence-electron chi connectivity index (χ3n) is 5.18. The van der Waals surface area contributed by atoms with E-state index in [1.165, 1.54) is 31.4 Å². The smallest absolute Gasteiger partial charge is 0.270 e. The predicted molar refractivity (Wildman–Crippen MR) is 88.5 cm³/mol. The number of aromatic hydroxyl groups is 1. The third kappa shape index (κ3) is 3.64. The molecule has 6 heteroatoms. The fourth-order valence-electron chi connectivity index (χ4n) is 4.05. The number of hydrogen-bond acceptors (Lipinski definition) is 5. The van der Waals surface area contributed by atoms with Gasteiger partial charge in [-0.3, -0.25) is 15.0 Å². The highest BCUT2D eigenvalue weighted by molar-refractivity contribution is 5.45. The Morgan fingerprint density at radius 3 is 2.57 bits per heavy atom. The van der Waals surface area contributed by atoms with Crippen LogP contribution in [0.15, 0.2) is 18.2 Å². The molecule has 2 N–H and O–H groups in total. The molecule has 0 bridgehead atoms. The summed E-state index contributed by atoms with van der Waals surface area (Å²) in [5.74, 6) is 0.652. The average molecular weight is 319 g/mol. The van der Waals surface area contributed by atoms with E-state index >= 15 is 0 Å². The maximum Gasteiger partial charge on any atom is 0.270 e. The Balaban J connectivity index is 1.96. The summed E-state index contributed by atoms with van der Waals surface area (Å²) in [5.41, 5.74) is 0.793. The number of nitro benzene ring substituents is 1. The minimum absolute atomic E-state index is 0.0637. The summed E-state index contributed by atoms with van der Waals surface area (Å²) in [7, 11) is 0. The fraction of sp³-hybridized carbons (Fsp3) is 0.647. The number of nitrogens with one attached hydrogen (secondary N) is 1. The van der Waals surface area contributed by atoms with E-state index in [-0.39, 0.29) is 22.4 Å². The lowest BCUT2D eigenvalue weighted by molar-refractivity contribution is -0.385. The second kappa shape index (κ2) is 7.27. The maximum atomic E-state index is 11.1. The molecule has 2 aliphatic rings. The van der Waals surface area contributed by atoms with Crippen LogP contribution in [0.1, 0.15) is 43.7 Å². The minimum atomic E-state index is -0.376. The van der Waals surface area contributed by atoms with Crippen molar-refractivity contribution in [1.29, 1.82) is 0 Å². The molecule has 0 amide bonds. The summed E-state index contributed by atoms with van der Waals surface area (Å²) < 4.78 is 0. The number of hydrogen-bond donors (Lipinski definition) is 2. The molecule has 0 radical (unpaired) electrons. The molecule has 1 aromatic rings. The molecular formula is C17H25N3O3. The summed E-state index contributed by atoms with van der Waals surface area (Å²) in [5, 5.41) is 24.9. The molecule has 3 rings (SSSR count). The quantitative estimate of drug-likeness (QED) is 0.659. The first-order valence-electron chi connectivity index (χ1n) is 8.59. The number of phenolic OH excluding ortho intramolecular Hbond substituents is 1. The van der Waals surface area contributed by atoms with Crippen molar-refractivity contribution in [3.63, 3.8) is 0 Å². The van der Waals surface area contributed by atoms with Crippen LogP contribution in [0.4, 0.5) is 5.69 Å². The molecule has 0 spiro atoms. The minimum Gasteiger partial charge on any atom is -0.508 e. The molecule has 1 saturated carbocycles. The van der Waals surface area contributed by atoms with Crippen LogP contribution < -0.4 is 5.32 Å². The second-order valence-corrected chi connectivity index (χ2v) is 6.63. The predicted octanol–water partition coefficient (Wildman–Crippen LogP) is 2.83. The first-order chi connectivity index (χ1) is 11.2. The highest BCUT2D eigenvalue weighted by Crippen LogP contribution is 2.42. The average Bonchev–Trinajstić information content (AvgIpc) is 2.58. The first kappa shape index (κ1) is 16.2. The Morgan fingerprint density at radius 2 is 1.91 bits per heavy atom. The zero-order valence-electron chi connectivity index (χ0n) is 13.4. The summed E-state index contributed by atoms with van der Waals surface area (Å²) in [4.78, 5) is 13.2. The normalized spacial score (nSPS) is 21.9. The van der Waals surface area contributed by atoms with Gasteiger partial charge < -0.3 is 10.4 Å². The van der Waals surface area contributed by atoms with Crippen molar-refractivity contribution in [3.8, 4) is 5.75 Å². The van der Waals surface area contributed by atoms with Crippen molar-refractivity contribution in [2.45, 2.75) is 38.1 Å². The molecule has 1 aliphatic carbocycles. The van der Waals surface area contributed by atoms with Crippen molar-refractivity contribution in [2.24, 2.45) is 5.92 Å². The Hall–Kier alpha value is -1.66. The van der Waals surface area contributed by atoms with Gasteiger partial charge in [0.1, 0.15) is 5.75 Å². The molecule has 1 saturated heterocycles. The van der Waals surface area contributed by atoms with Crippen LogP contribution in [0.2, 0.25) is 0 Å². The molecule has 1 atom stereocenters. The summed E-state index contributed by atoms with van der Waals surface area (Å²) >= 11 is 0. The monoisotopic (exact) mass is 319 g/mol. The lowest BCUT2D eigenvalue weighted by atomic mass is 9.79. The van der Waals surface area contributed by atoms with E-state index < -0.39 is 0 Å². The molecule has 1 aliphatic heterocycles. The molecule has 0 unspecified atom stereocenters. The second-order valence-electron chi connectivity index (χ2n) is 6.63. The molecule has 1 aromatic carbocycles. The van der Waals surface area contributed by atoms with Crippen molar-refractivity contribution in [1.82, 2.24) is 10.2 Å². The molecule has 0 aromatic heterocycles. The van der Waals surface area contributed by atoms with Gasteiger partial charge in [-0.25, -0.2) is 0 Å². The van der Waals surface area contributed by atoms with E-state index in [0.29, 0.717) is 5.92 Å². The van der Waals surface area contributed by atoms with Crippen LogP contribution in [0, 0.1) is 16.0 Å². The van der Waals surface area contributed by atoms with Gasteiger partial charge in [0.05, 0.1) is 4.92 Å². The van der Waals surface area contributed by atoms with Crippen LogP contribution >= 0.6 is 0 Å². The highest BCUT2D eigenvalue weighted by atomic mass is 16.6. The van der Waals surface area contributed by atoms with Crippen molar-refractivity contribution in [3.05, 3.63) is 33.9 Å². The standard InChI is InChI=1S/C17H25N3O3/c21-16-7-6-14(20(22)23)12-15(16)17(13-4-2-1-3-5-13)19-10-8-18-9-11-19/h6-7,12-13,17-18,21H,1-5,8-11H2/t17-/m1/s1. The molecular weight excluding hydrogens is 294 g/mol. The van der Waals surface area contributed by atoms with Crippen molar-refractivity contribution < 1.29 is 10.0 Å². The number of nitro groups is 1. The van der Waals surface area contributed by atoms with Gasteiger partial charge in [0.15, 0.2) is 0 Å². The number of piperazine rings is 1. The van der Waals surface area contributed by atoms with E-state index in [1.807, 2.05) is 0 Å². The van der Waals surface area contributed by atoms with Gasteiger partial charge in [-0.05, 0) is 24.8 Å². The highest BCUT2D eigenvalue weighted by Gasteiger charge is 2.33. The largest absolute Gasteiger partial charge is 0.508 e. The first-order valence-corrected chi connectivity index (χ1v) is 8.59. The van der Waals surface area contributed by atoms with Crippen molar-refractivity contribution >= 4 is 5.69 Å². The molecule has 126 valence electrons. The maximum absolute atomic E-state index is 11.1. The number of nitrogens with zero attached hydrogens (tertiary/aromatic N) is 2. The van der Waals surface area contributed by atoms with E-state index in [4.69, 9.17) is 0 Å². The molecule has 2 fully saturated rings. The van der Waals surface area contributed by atoms with Gasteiger partial charge in [0.25, 0.3) is 5.69 Å². The Morgan fingerprint density at radius 1 is 1.22 bits per heavy atom. The molecule has 1 heterocycles. The lowest BCUT2D eigenvalue weighted by Crippen LogP contribution is -2.47. The third-order valence-corrected chi connectivity index (χ3v) is 5.18. The van der Waals surface area contributed by atoms with Crippen LogP contribution in [0.3, 0.4) is 0 Å². The van der Waals surface area contributed by atoms with E-state index in [0.717, 1.165) is 44.6 Å². The van der Waals surface area contributed by atoms with Crippen LogP contribution in [0.5, 0.6) is 5.75 Å². The summed E-state index contributed by atoms with van der Waals surface area (Å²) in [6.45, 7) is 3.70. The molecule has 23 heavy (non-hydrogen) atoms. The number of non-ortho nitro benzene ring substituents is 1. The van der Waals surface area contributed by atoms with E-state index in [9.17, 15) is 15.2 Å². The van der Waals surface area contributed by atoms with Crippen LogP contribution in [-0.4, -0.2) is 41.1 Å². The van der Waals surface area contributed by atoms with Crippen LogP contribution in [-0.2, 0) is 0 Å². The van der Waals surface area contributed by atoms with E-state index in [1.54, 1.807) is 6.07 Å². The van der Waals surface area contributed by atoms with Gasteiger partial charge >= 0.3 is 0 Å². The zero-order valence-corrected chi connectivity index (χ0v) is 13.4. The Labute approximate surface area is 136 Å². The summed E-state index contributed by atoms with van der Waals surface area (Å²) in [6.07, 6.45) is 5.96. The van der Waals surface area contributed by atoms with Crippen molar-refractivity contribution in [2.75, 3.05) is 26.2 Å². The number of rotatable bonds is 4. The SMILES string of the molecule is O=[N+]([O-])c1ccc(O)c([C@@H](C2CCCCC2)N2CCNCC2)c1. The van der Waals surface area contributed by atoms with Crippen LogP contribution in [0.25, 0.3) is 0 Å². The van der Waals surface area contributed by atoms with E-state index in [2.05, 4.69) is 10.2 Å². The van der Waals surface area contributed by atoms with Gasteiger partial charge in [0.2, 0.25) is 0 Å². The lowest BCUT2D eigenvalue weighted by Gasteiger charge is -2.41. The Kier molecular flexibility index (Phi) is 5.13.